The Hall–Kier alpha value is -3.03. The van der Waals surface area contributed by atoms with Gasteiger partial charge < -0.3 is 0 Å². The quantitative estimate of drug-likeness (QED) is 0.484. The zero-order valence-corrected chi connectivity index (χ0v) is 17.6. The van der Waals surface area contributed by atoms with Crippen molar-refractivity contribution in [3.05, 3.63) is 107 Å². The number of sulfone groups is 2. The van der Waals surface area contributed by atoms with Gasteiger partial charge in [0, 0.05) is 12.0 Å². The van der Waals surface area contributed by atoms with Crippen molar-refractivity contribution in [3.8, 4) is 0 Å². The van der Waals surface area contributed by atoms with Gasteiger partial charge in [0.1, 0.15) is 0 Å². The van der Waals surface area contributed by atoms with E-state index in [2.05, 4.69) is 0 Å². The number of benzene rings is 3. The van der Waals surface area contributed by atoms with Crippen molar-refractivity contribution in [2.45, 2.75) is 22.6 Å². The maximum absolute atomic E-state index is 13.2. The van der Waals surface area contributed by atoms with E-state index in [0.29, 0.717) is 5.56 Å². The molecule has 0 aromatic heterocycles. The van der Waals surface area contributed by atoms with Crippen LogP contribution in [0, 0.1) is 0 Å². The molecule has 0 heterocycles. The maximum atomic E-state index is 13.2. The van der Waals surface area contributed by atoms with E-state index in [4.69, 9.17) is 0 Å². The summed E-state index contributed by atoms with van der Waals surface area (Å²) in [6.45, 7) is 0. The first-order valence-corrected chi connectivity index (χ1v) is 12.2. The van der Waals surface area contributed by atoms with E-state index in [1.54, 1.807) is 42.5 Å². The van der Waals surface area contributed by atoms with Crippen molar-refractivity contribution >= 4 is 25.5 Å². The summed E-state index contributed by atoms with van der Waals surface area (Å²) in [6.07, 6.45) is 1.09. The number of hydrogen-bond donors (Lipinski definition) is 0. The monoisotopic (exact) mass is 440 g/mol. The summed E-state index contributed by atoms with van der Waals surface area (Å²) in [6, 6.07) is 23.3. The molecular weight excluding hydrogens is 420 g/mol. The molecule has 0 unspecified atom stereocenters. The summed E-state index contributed by atoms with van der Waals surface area (Å²) in [5, 5.41) is 0. The molecule has 30 heavy (non-hydrogen) atoms. The molecule has 0 saturated carbocycles. The fraction of sp³-hybridized carbons (Fsp3) is 0.0870. The molecule has 0 aliphatic heterocycles. The van der Waals surface area contributed by atoms with E-state index in [0.717, 1.165) is 6.08 Å². The molecule has 0 spiro atoms. The lowest BCUT2D eigenvalue weighted by molar-refractivity contribution is 0.0983. The highest BCUT2D eigenvalue weighted by atomic mass is 32.3. The number of carbonyl (C=O) groups excluding carboxylic acids is 1. The van der Waals surface area contributed by atoms with Gasteiger partial charge in [-0.2, -0.15) is 0 Å². The van der Waals surface area contributed by atoms with Crippen LogP contribution in [0.1, 0.15) is 23.2 Å². The fourth-order valence-electron chi connectivity index (χ4n) is 2.88. The van der Waals surface area contributed by atoms with Crippen LogP contribution >= 0.6 is 0 Å². The minimum absolute atomic E-state index is 0.0118. The number of Topliss-reactive ketones (excluding diaryl/α,β-unsaturated/α-hetero) is 1. The summed E-state index contributed by atoms with van der Waals surface area (Å²) < 4.78 is 51.9. The summed E-state index contributed by atoms with van der Waals surface area (Å²) in [4.78, 5) is 12.1. The molecule has 0 radical (unpaired) electrons. The van der Waals surface area contributed by atoms with E-state index in [9.17, 15) is 21.6 Å². The lowest BCUT2D eigenvalue weighted by Crippen LogP contribution is -2.15. The average molecular weight is 441 g/mol. The second-order valence-electron chi connectivity index (χ2n) is 6.48. The highest BCUT2D eigenvalue weighted by molar-refractivity contribution is 8.14. The molecule has 0 atom stereocenters. The van der Waals surface area contributed by atoms with E-state index in [1.165, 1.54) is 48.5 Å². The van der Waals surface area contributed by atoms with Crippen molar-refractivity contribution in [3.63, 3.8) is 0 Å². The van der Waals surface area contributed by atoms with E-state index >= 15 is 0 Å². The molecule has 3 aromatic carbocycles. The Morgan fingerprint density at radius 1 is 0.633 bits per heavy atom. The average Bonchev–Trinajstić information content (AvgIpc) is 2.78. The van der Waals surface area contributed by atoms with Gasteiger partial charge in [-0.1, -0.05) is 72.8 Å². The Morgan fingerprint density at radius 2 is 1.03 bits per heavy atom. The van der Waals surface area contributed by atoms with Crippen LogP contribution in [0.5, 0.6) is 0 Å². The molecule has 0 aliphatic carbocycles. The Kier molecular flexibility index (Phi) is 6.64. The second-order valence-corrected chi connectivity index (χ2v) is 10.6. The second kappa shape index (κ2) is 9.19. The van der Waals surface area contributed by atoms with Gasteiger partial charge in [-0.3, -0.25) is 4.79 Å². The maximum Gasteiger partial charge on any atom is 0.217 e. The Labute approximate surface area is 176 Å². The van der Waals surface area contributed by atoms with Crippen molar-refractivity contribution in [1.29, 1.82) is 0 Å². The number of carbonyl (C=O) groups is 1. The number of hydrogen-bond acceptors (Lipinski definition) is 5. The van der Waals surface area contributed by atoms with Crippen LogP contribution < -0.4 is 0 Å². The minimum atomic E-state index is -4.31. The lowest BCUT2D eigenvalue weighted by Gasteiger charge is -2.11. The van der Waals surface area contributed by atoms with Crippen molar-refractivity contribution < 1.29 is 21.6 Å². The van der Waals surface area contributed by atoms with Crippen molar-refractivity contribution in [1.82, 2.24) is 0 Å². The molecule has 3 rings (SSSR count). The largest absolute Gasteiger partial charge is 0.294 e. The molecule has 0 bridgehead atoms. The van der Waals surface area contributed by atoms with E-state index in [-0.39, 0.29) is 28.4 Å². The molecule has 0 fully saturated rings. The Morgan fingerprint density at radius 3 is 1.47 bits per heavy atom. The lowest BCUT2D eigenvalue weighted by atomic mass is 10.1. The minimum Gasteiger partial charge on any atom is -0.294 e. The molecular formula is C23H20O5S2. The van der Waals surface area contributed by atoms with Gasteiger partial charge in [0.05, 0.1) is 9.79 Å². The summed E-state index contributed by atoms with van der Waals surface area (Å²) >= 11 is 0. The first-order valence-electron chi connectivity index (χ1n) is 9.22. The third-order valence-corrected chi connectivity index (χ3v) is 8.91. The predicted molar refractivity (Wildman–Crippen MR) is 115 cm³/mol. The van der Waals surface area contributed by atoms with Crippen molar-refractivity contribution in [2.24, 2.45) is 0 Å². The van der Waals surface area contributed by atoms with Gasteiger partial charge in [-0.05, 0) is 30.7 Å². The molecule has 7 heteroatoms. The summed E-state index contributed by atoms with van der Waals surface area (Å²) in [5.74, 6) is -0.194. The predicted octanol–water partition coefficient (Wildman–Crippen LogP) is 4.44. The van der Waals surface area contributed by atoms with Crippen LogP contribution in [0.15, 0.2) is 111 Å². The highest BCUT2D eigenvalue weighted by Gasteiger charge is 2.33. The van der Waals surface area contributed by atoms with Gasteiger partial charge in [-0.25, -0.2) is 16.8 Å². The van der Waals surface area contributed by atoms with Gasteiger partial charge in [-0.15, -0.1) is 0 Å². The first kappa shape index (κ1) is 21.7. The molecule has 5 nitrogen and oxygen atoms in total. The van der Waals surface area contributed by atoms with Crippen LogP contribution in [0.2, 0.25) is 0 Å². The zero-order chi connectivity index (χ0) is 21.6. The first-order chi connectivity index (χ1) is 14.3. The van der Waals surface area contributed by atoms with Crippen LogP contribution in [0.25, 0.3) is 0 Å². The third kappa shape index (κ3) is 4.75. The van der Waals surface area contributed by atoms with E-state index in [1.807, 2.05) is 0 Å². The molecule has 0 amide bonds. The van der Waals surface area contributed by atoms with Gasteiger partial charge in [0.25, 0.3) is 0 Å². The van der Waals surface area contributed by atoms with Crippen LogP contribution in [-0.2, 0) is 19.7 Å². The smallest absolute Gasteiger partial charge is 0.217 e. The zero-order valence-electron chi connectivity index (χ0n) is 16.0. The third-order valence-electron chi connectivity index (χ3n) is 4.41. The number of rotatable bonds is 8. The van der Waals surface area contributed by atoms with Crippen LogP contribution in [-0.4, -0.2) is 22.6 Å². The van der Waals surface area contributed by atoms with E-state index < -0.39 is 23.9 Å². The standard InChI is InChI=1S/C23H20O5S2/c24-22(19-11-4-1-5-12-19)17-10-18-23(29(25,26)20-13-6-2-7-14-20)30(27,28)21-15-8-3-9-16-21/h1-9,11-16,18H,10,17H2. The van der Waals surface area contributed by atoms with Crippen LogP contribution in [0.3, 0.4) is 0 Å². The number of ketones is 1. The van der Waals surface area contributed by atoms with Gasteiger partial charge >= 0.3 is 0 Å². The Balaban J connectivity index is 2.00. The van der Waals surface area contributed by atoms with Gasteiger partial charge in [0.2, 0.25) is 19.7 Å². The fourth-order valence-corrected chi connectivity index (χ4v) is 6.79. The molecule has 0 aliphatic rings. The number of allylic oxidation sites excluding steroid dienone is 1. The molecule has 0 N–H and O–H groups in total. The molecule has 0 saturated heterocycles. The summed E-state index contributed by atoms with van der Waals surface area (Å²) in [5.41, 5.74) is 0.490. The van der Waals surface area contributed by atoms with Crippen molar-refractivity contribution in [2.75, 3.05) is 0 Å². The molecule has 3 aromatic rings. The van der Waals surface area contributed by atoms with Gasteiger partial charge in [0.15, 0.2) is 10.0 Å². The highest BCUT2D eigenvalue weighted by Crippen LogP contribution is 2.29. The van der Waals surface area contributed by atoms with Crippen LogP contribution in [0.4, 0.5) is 0 Å². The molecule has 154 valence electrons. The Bertz CT molecular complexity index is 1180. The topological polar surface area (TPSA) is 85.3 Å². The summed E-state index contributed by atoms with van der Waals surface area (Å²) in [7, 11) is -8.62. The normalized spacial score (nSPS) is 11.6. The SMILES string of the molecule is O=C(CCC=C(S(=O)(=O)c1ccccc1)S(=O)(=O)c1ccccc1)c1ccccc1.